The lowest BCUT2D eigenvalue weighted by molar-refractivity contribution is 0.125. The summed E-state index contributed by atoms with van der Waals surface area (Å²) < 4.78 is 6.72. The third-order valence-corrected chi connectivity index (χ3v) is 3.27. The maximum atomic E-state index is 9.09. The number of hydrogen-bond acceptors (Lipinski definition) is 6. The molecule has 2 heterocycles. The molecule has 0 saturated heterocycles. The van der Waals surface area contributed by atoms with E-state index in [1.165, 1.54) is 0 Å². The first-order valence-corrected chi connectivity index (χ1v) is 6.69. The van der Waals surface area contributed by atoms with Crippen molar-refractivity contribution in [2.75, 3.05) is 33.4 Å². The SMILES string of the molecule is COCCN(CCO)Cc1nc(Cl)c2cnn(C)c2n1. The van der Waals surface area contributed by atoms with Crippen LogP contribution < -0.4 is 0 Å². The first kappa shape index (κ1) is 15.1. The van der Waals surface area contributed by atoms with Gasteiger partial charge in [-0.3, -0.25) is 9.58 Å². The van der Waals surface area contributed by atoms with Gasteiger partial charge in [-0.1, -0.05) is 11.6 Å². The van der Waals surface area contributed by atoms with Crippen LogP contribution in [0.3, 0.4) is 0 Å². The molecule has 0 radical (unpaired) electrons. The first-order chi connectivity index (χ1) is 9.65. The summed E-state index contributed by atoms with van der Waals surface area (Å²) >= 11 is 6.14. The quantitative estimate of drug-likeness (QED) is 0.749. The van der Waals surface area contributed by atoms with Gasteiger partial charge < -0.3 is 9.84 Å². The lowest BCUT2D eigenvalue weighted by Crippen LogP contribution is -2.30. The van der Waals surface area contributed by atoms with Gasteiger partial charge in [0, 0.05) is 27.2 Å². The van der Waals surface area contributed by atoms with Crippen LogP contribution in [0.4, 0.5) is 0 Å². The van der Waals surface area contributed by atoms with Crippen molar-refractivity contribution in [3.05, 3.63) is 17.2 Å². The van der Waals surface area contributed by atoms with Crippen LogP contribution in [0.1, 0.15) is 5.82 Å². The average Bonchev–Trinajstić information content (AvgIpc) is 2.79. The van der Waals surface area contributed by atoms with E-state index >= 15 is 0 Å². The van der Waals surface area contributed by atoms with Gasteiger partial charge in [-0.05, 0) is 0 Å². The molecule has 110 valence electrons. The van der Waals surface area contributed by atoms with Gasteiger partial charge in [-0.2, -0.15) is 5.10 Å². The number of methoxy groups -OCH3 is 1. The molecular formula is C12H18ClN5O2. The molecule has 0 saturated carbocycles. The number of aliphatic hydroxyl groups is 1. The summed E-state index contributed by atoms with van der Waals surface area (Å²) in [5, 5.41) is 14.3. The number of fused-ring (bicyclic) bond motifs is 1. The number of aromatic nitrogens is 4. The summed E-state index contributed by atoms with van der Waals surface area (Å²) in [4.78, 5) is 10.8. The Morgan fingerprint density at radius 3 is 2.90 bits per heavy atom. The Hall–Kier alpha value is -1.28. The highest BCUT2D eigenvalue weighted by Gasteiger charge is 2.13. The second-order valence-electron chi connectivity index (χ2n) is 4.43. The third kappa shape index (κ3) is 3.43. The summed E-state index contributed by atoms with van der Waals surface area (Å²) in [6.07, 6.45) is 1.65. The molecule has 0 aliphatic heterocycles. The summed E-state index contributed by atoms with van der Waals surface area (Å²) in [5.41, 5.74) is 0.704. The zero-order chi connectivity index (χ0) is 14.5. The normalized spacial score (nSPS) is 11.7. The van der Waals surface area contributed by atoms with Crippen molar-refractivity contribution in [3.63, 3.8) is 0 Å². The monoisotopic (exact) mass is 299 g/mol. The maximum absolute atomic E-state index is 9.09. The zero-order valence-corrected chi connectivity index (χ0v) is 12.3. The number of aliphatic hydroxyl groups excluding tert-OH is 1. The van der Waals surface area contributed by atoms with Gasteiger partial charge in [-0.25, -0.2) is 9.97 Å². The molecule has 0 amide bonds. The smallest absolute Gasteiger partial charge is 0.162 e. The van der Waals surface area contributed by atoms with Crippen LogP contribution in [0.15, 0.2) is 6.20 Å². The van der Waals surface area contributed by atoms with Crippen molar-refractivity contribution < 1.29 is 9.84 Å². The Morgan fingerprint density at radius 2 is 2.20 bits per heavy atom. The van der Waals surface area contributed by atoms with Crippen LogP contribution in [0.2, 0.25) is 5.15 Å². The lowest BCUT2D eigenvalue weighted by atomic mass is 10.4. The number of aryl methyl sites for hydroxylation is 1. The molecule has 2 rings (SSSR count). The fourth-order valence-electron chi connectivity index (χ4n) is 1.93. The fourth-order valence-corrected chi connectivity index (χ4v) is 2.16. The van der Waals surface area contributed by atoms with Gasteiger partial charge >= 0.3 is 0 Å². The summed E-state index contributed by atoms with van der Waals surface area (Å²) in [5.74, 6) is 0.607. The van der Waals surface area contributed by atoms with E-state index < -0.39 is 0 Å². The molecule has 7 nitrogen and oxygen atoms in total. The lowest BCUT2D eigenvalue weighted by Gasteiger charge is -2.19. The highest BCUT2D eigenvalue weighted by Crippen LogP contribution is 2.19. The van der Waals surface area contributed by atoms with Gasteiger partial charge in [0.15, 0.2) is 5.65 Å². The number of nitrogens with zero attached hydrogens (tertiary/aromatic N) is 5. The second kappa shape index (κ2) is 6.94. The van der Waals surface area contributed by atoms with Gasteiger partial charge in [0.1, 0.15) is 11.0 Å². The van der Waals surface area contributed by atoms with E-state index in [1.807, 2.05) is 11.9 Å². The molecule has 20 heavy (non-hydrogen) atoms. The van der Waals surface area contributed by atoms with Gasteiger partial charge in [-0.15, -0.1) is 0 Å². The molecule has 8 heteroatoms. The van der Waals surface area contributed by atoms with Crippen molar-refractivity contribution in [3.8, 4) is 0 Å². The predicted octanol–water partition coefficient (Wildman–Crippen LogP) is 0.457. The molecule has 0 aliphatic carbocycles. The molecule has 0 aromatic carbocycles. The standard InChI is InChI=1S/C12H18ClN5O2/c1-17-12-9(7-14-17)11(13)15-10(16-12)8-18(3-5-19)4-6-20-2/h7,19H,3-6,8H2,1-2H3. The highest BCUT2D eigenvalue weighted by molar-refractivity contribution is 6.33. The molecule has 0 spiro atoms. The maximum Gasteiger partial charge on any atom is 0.162 e. The minimum atomic E-state index is 0.0748. The first-order valence-electron chi connectivity index (χ1n) is 6.32. The number of hydrogen-bond donors (Lipinski definition) is 1. The van der Waals surface area contributed by atoms with Crippen molar-refractivity contribution >= 4 is 22.6 Å². The van der Waals surface area contributed by atoms with Crippen molar-refractivity contribution in [2.45, 2.75) is 6.54 Å². The summed E-state index contributed by atoms with van der Waals surface area (Å²) in [6.45, 7) is 2.40. The van der Waals surface area contributed by atoms with Crippen LogP contribution in [0.5, 0.6) is 0 Å². The van der Waals surface area contributed by atoms with Crippen LogP contribution in [0, 0.1) is 0 Å². The molecule has 2 aromatic heterocycles. The van der Waals surface area contributed by atoms with E-state index in [0.29, 0.717) is 42.9 Å². The van der Waals surface area contributed by atoms with Crippen molar-refractivity contribution in [2.24, 2.45) is 7.05 Å². The number of rotatable bonds is 7. The Balaban J connectivity index is 2.20. The topological polar surface area (TPSA) is 76.3 Å². The summed E-state index contributed by atoms with van der Waals surface area (Å²) in [6, 6.07) is 0. The fraction of sp³-hybridized carbons (Fsp3) is 0.583. The van der Waals surface area contributed by atoms with Crippen LogP contribution in [-0.2, 0) is 18.3 Å². The Labute approximate surface area is 122 Å². The minimum Gasteiger partial charge on any atom is -0.395 e. The molecule has 0 aliphatic rings. The van der Waals surface area contributed by atoms with E-state index in [1.54, 1.807) is 18.0 Å². The van der Waals surface area contributed by atoms with Crippen molar-refractivity contribution in [1.82, 2.24) is 24.6 Å². The molecular weight excluding hydrogens is 282 g/mol. The van der Waals surface area contributed by atoms with Crippen LogP contribution in [0.25, 0.3) is 11.0 Å². The Bertz CT molecular complexity index is 574. The Morgan fingerprint density at radius 1 is 1.40 bits per heavy atom. The van der Waals surface area contributed by atoms with E-state index in [0.717, 1.165) is 5.39 Å². The Kier molecular flexibility index (Phi) is 5.24. The van der Waals surface area contributed by atoms with Crippen LogP contribution >= 0.6 is 11.6 Å². The molecule has 0 atom stereocenters. The van der Waals surface area contributed by atoms with Crippen LogP contribution in [-0.4, -0.2) is 63.2 Å². The van der Waals surface area contributed by atoms with Crippen molar-refractivity contribution in [1.29, 1.82) is 0 Å². The van der Waals surface area contributed by atoms with E-state index in [-0.39, 0.29) is 6.61 Å². The second-order valence-corrected chi connectivity index (χ2v) is 4.79. The zero-order valence-electron chi connectivity index (χ0n) is 11.6. The molecule has 0 bridgehead atoms. The number of halogens is 1. The highest BCUT2D eigenvalue weighted by atomic mass is 35.5. The number of ether oxygens (including phenoxy) is 1. The molecule has 0 unspecified atom stereocenters. The largest absolute Gasteiger partial charge is 0.395 e. The molecule has 2 aromatic rings. The minimum absolute atomic E-state index is 0.0748. The van der Waals surface area contributed by atoms with E-state index in [4.69, 9.17) is 21.4 Å². The summed E-state index contributed by atoms with van der Waals surface area (Å²) in [7, 11) is 3.46. The predicted molar refractivity (Wildman–Crippen MR) is 75.6 cm³/mol. The molecule has 1 N–H and O–H groups in total. The van der Waals surface area contributed by atoms with Gasteiger partial charge in [0.25, 0.3) is 0 Å². The third-order valence-electron chi connectivity index (χ3n) is 2.98. The van der Waals surface area contributed by atoms with Gasteiger partial charge in [0.05, 0.1) is 31.3 Å². The van der Waals surface area contributed by atoms with Gasteiger partial charge in [0.2, 0.25) is 0 Å². The van der Waals surface area contributed by atoms with E-state index in [9.17, 15) is 0 Å². The average molecular weight is 300 g/mol. The van der Waals surface area contributed by atoms with E-state index in [2.05, 4.69) is 15.1 Å². The molecule has 0 fully saturated rings.